The summed E-state index contributed by atoms with van der Waals surface area (Å²) in [5.41, 5.74) is 0.921. The Kier molecular flexibility index (Phi) is 4.50. The highest BCUT2D eigenvalue weighted by atomic mass is 35.5. The molecular formula is C12H14ClNO2. The summed E-state index contributed by atoms with van der Waals surface area (Å²) >= 11 is 5.84. The van der Waals surface area contributed by atoms with Crippen LogP contribution in [0.3, 0.4) is 0 Å². The fourth-order valence-electron chi connectivity index (χ4n) is 1.38. The van der Waals surface area contributed by atoms with Crippen LogP contribution >= 0.6 is 11.6 Å². The average molecular weight is 240 g/mol. The Morgan fingerprint density at radius 1 is 1.44 bits per heavy atom. The first kappa shape index (κ1) is 12.7. The third kappa shape index (κ3) is 4.03. The van der Waals surface area contributed by atoms with Crippen molar-refractivity contribution >= 4 is 23.3 Å². The molecule has 0 aliphatic carbocycles. The number of nitrogens with one attached hydrogen (secondary N) is 1. The predicted molar refractivity (Wildman–Crippen MR) is 63.3 cm³/mol. The van der Waals surface area contributed by atoms with Crippen LogP contribution in [0.5, 0.6) is 0 Å². The van der Waals surface area contributed by atoms with Gasteiger partial charge in [-0.2, -0.15) is 0 Å². The Morgan fingerprint density at radius 3 is 2.69 bits per heavy atom. The number of carbonyl (C=O) groups excluding carboxylic acids is 2. The Bertz CT molecular complexity index is 404. The number of carbonyl (C=O) groups is 2. The standard InChI is InChI=1S/C12H14ClNO2/c1-8(15)6-12(16)14-9(2)10-4-3-5-11(13)7-10/h3-5,7,9H,6H2,1-2H3,(H,14,16). The van der Waals surface area contributed by atoms with Crippen LogP contribution in [0, 0.1) is 0 Å². The molecule has 16 heavy (non-hydrogen) atoms. The molecule has 0 bridgehead atoms. The van der Waals surface area contributed by atoms with Gasteiger partial charge in [0.05, 0.1) is 12.5 Å². The van der Waals surface area contributed by atoms with Crippen molar-refractivity contribution in [3.8, 4) is 0 Å². The van der Waals surface area contributed by atoms with E-state index in [-0.39, 0.29) is 24.2 Å². The van der Waals surface area contributed by atoms with Gasteiger partial charge < -0.3 is 5.32 Å². The van der Waals surface area contributed by atoms with Crippen LogP contribution in [0.2, 0.25) is 5.02 Å². The number of Topliss-reactive ketones (excluding diaryl/α,β-unsaturated/α-hetero) is 1. The molecule has 1 unspecified atom stereocenters. The van der Waals surface area contributed by atoms with E-state index in [4.69, 9.17) is 11.6 Å². The predicted octanol–water partition coefficient (Wildman–Crippen LogP) is 2.50. The maximum Gasteiger partial charge on any atom is 0.227 e. The van der Waals surface area contributed by atoms with Crippen molar-refractivity contribution in [2.24, 2.45) is 0 Å². The fraction of sp³-hybridized carbons (Fsp3) is 0.333. The highest BCUT2D eigenvalue weighted by Crippen LogP contribution is 2.17. The van der Waals surface area contributed by atoms with E-state index in [1.54, 1.807) is 12.1 Å². The van der Waals surface area contributed by atoms with Crippen LogP contribution in [-0.2, 0) is 9.59 Å². The lowest BCUT2D eigenvalue weighted by atomic mass is 10.1. The van der Waals surface area contributed by atoms with Gasteiger partial charge in [0.25, 0.3) is 0 Å². The smallest absolute Gasteiger partial charge is 0.227 e. The molecule has 1 rings (SSSR count). The molecule has 3 nitrogen and oxygen atoms in total. The monoisotopic (exact) mass is 239 g/mol. The van der Waals surface area contributed by atoms with E-state index in [9.17, 15) is 9.59 Å². The molecule has 0 saturated carbocycles. The van der Waals surface area contributed by atoms with Gasteiger partial charge in [-0.1, -0.05) is 23.7 Å². The summed E-state index contributed by atoms with van der Waals surface area (Å²) in [6, 6.07) is 7.12. The topological polar surface area (TPSA) is 46.2 Å². The largest absolute Gasteiger partial charge is 0.349 e. The maximum atomic E-state index is 11.4. The van der Waals surface area contributed by atoms with E-state index >= 15 is 0 Å². The molecule has 1 aromatic rings. The summed E-state index contributed by atoms with van der Waals surface area (Å²) in [5.74, 6) is -0.407. The summed E-state index contributed by atoms with van der Waals surface area (Å²) < 4.78 is 0. The van der Waals surface area contributed by atoms with Crippen molar-refractivity contribution in [1.29, 1.82) is 0 Å². The highest BCUT2D eigenvalue weighted by Gasteiger charge is 2.10. The van der Waals surface area contributed by atoms with Crippen LogP contribution in [0.4, 0.5) is 0 Å². The molecule has 4 heteroatoms. The number of ketones is 1. The Morgan fingerprint density at radius 2 is 2.12 bits per heavy atom. The van der Waals surface area contributed by atoms with E-state index < -0.39 is 0 Å². The van der Waals surface area contributed by atoms with Gasteiger partial charge in [0.2, 0.25) is 5.91 Å². The summed E-state index contributed by atoms with van der Waals surface area (Å²) in [7, 11) is 0. The van der Waals surface area contributed by atoms with Crippen molar-refractivity contribution in [1.82, 2.24) is 5.32 Å². The van der Waals surface area contributed by atoms with E-state index in [1.807, 2.05) is 19.1 Å². The molecule has 1 N–H and O–H groups in total. The van der Waals surface area contributed by atoms with Crippen LogP contribution in [0.25, 0.3) is 0 Å². The molecule has 1 amide bonds. The van der Waals surface area contributed by atoms with Crippen molar-refractivity contribution in [3.05, 3.63) is 34.9 Å². The molecule has 0 aromatic heterocycles. The Balaban J connectivity index is 2.62. The van der Waals surface area contributed by atoms with E-state index in [1.165, 1.54) is 6.92 Å². The summed E-state index contributed by atoms with van der Waals surface area (Å²) in [5, 5.41) is 3.37. The molecule has 1 atom stereocenters. The van der Waals surface area contributed by atoms with Gasteiger partial charge >= 0.3 is 0 Å². The van der Waals surface area contributed by atoms with Crippen LogP contribution < -0.4 is 5.32 Å². The zero-order valence-electron chi connectivity index (χ0n) is 9.29. The molecule has 0 aliphatic rings. The first-order valence-electron chi connectivity index (χ1n) is 5.03. The molecule has 0 aliphatic heterocycles. The zero-order valence-corrected chi connectivity index (χ0v) is 10.0. The lowest BCUT2D eigenvalue weighted by Crippen LogP contribution is -2.27. The number of benzene rings is 1. The number of halogens is 1. The Hall–Kier alpha value is -1.35. The summed E-state index contributed by atoms with van der Waals surface area (Å²) in [4.78, 5) is 22.1. The molecule has 0 saturated heterocycles. The summed E-state index contributed by atoms with van der Waals surface area (Å²) in [6.45, 7) is 3.24. The molecule has 0 fully saturated rings. The highest BCUT2D eigenvalue weighted by molar-refractivity contribution is 6.30. The lowest BCUT2D eigenvalue weighted by Gasteiger charge is -2.13. The number of hydrogen-bond acceptors (Lipinski definition) is 2. The van der Waals surface area contributed by atoms with Gasteiger partial charge in [-0.3, -0.25) is 9.59 Å². The number of hydrogen-bond donors (Lipinski definition) is 1. The third-order valence-corrected chi connectivity index (χ3v) is 2.37. The van der Waals surface area contributed by atoms with Crippen LogP contribution in [-0.4, -0.2) is 11.7 Å². The average Bonchev–Trinajstić information content (AvgIpc) is 2.16. The molecule has 0 spiro atoms. The van der Waals surface area contributed by atoms with Gasteiger partial charge in [-0.25, -0.2) is 0 Å². The molecular weight excluding hydrogens is 226 g/mol. The van der Waals surface area contributed by atoms with Crippen LogP contribution in [0.15, 0.2) is 24.3 Å². The van der Waals surface area contributed by atoms with Crippen LogP contribution in [0.1, 0.15) is 31.9 Å². The minimum absolute atomic E-state index is 0.0785. The summed E-state index contributed by atoms with van der Waals surface area (Å²) in [6.07, 6.45) is -0.0785. The first-order chi connectivity index (χ1) is 7.49. The van der Waals surface area contributed by atoms with Crippen molar-refractivity contribution < 1.29 is 9.59 Å². The molecule has 1 aromatic carbocycles. The van der Waals surface area contributed by atoms with Crippen molar-refractivity contribution in [2.75, 3.05) is 0 Å². The second-order valence-corrected chi connectivity index (χ2v) is 4.16. The van der Waals surface area contributed by atoms with E-state index in [0.29, 0.717) is 5.02 Å². The normalized spacial score (nSPS) is 11.9. The SMILES string of the molecule is CC(=O)CC(=O)NC(C)c1cccc(Cl)c1. The molecule has 0 radical (unpaired) electrons. The number of rotatable bonds is 4. The van der Waals surface area contributed by atoms with Gasteiger partial charge in [-0.15, -0.1) is 0 Å². The van der Waals surface area contributed by atoms with Gasteiger partial charge in [-0.05, 0) is 31.5 Å². The lowest BCUT2D eigenvalue weighted by molar-refractivity contribution is -0.127. The number of amides is 1. The molecule has 86 valence electrons. The van der Waals surface area contributed by atoms with E-state index in [0.717, 1.165) is 5.56 Å². The van der Waals surface area contributed by atoms with Gasteiger partial charge in [0.15, 0.2) is 0 Å². The minimum atomic E-state index is -0.264. The first-order valence-corrected chi connectivity index (χ1v) is 5.41. The maximum absolute atomic E-state index is 11.4. The fourth-order valence-corrected chi connectivity index (χ4v) is 1.58. The zero-order chi connectivity index (χ0) is 12.1. The van der Waals surface area contributed by atoms with Crippen molar-refractivity contribution in [2.45, 2.75) is 26.3 Å². The third-order valence-electron chi connectivity index (χ3n) is 2.14. The Labute approximate surface area is 99.8 Å². The van der Waals surface area contributed by atoms with Gasteiger partial charge in [0, 0.05) is 5.02 Å². The second-order valence-electron chi connectivity index (χ2n) is 3.72. The molecule has 0 heterocycles. The quantitative estimate of drug-likeness (QED) is 0.821. The minimum Gasteiger partial charge on any atom is -0.349 e. The second kappa shape index (κ2) is 5.66. The van der Waals surface area contributed by atoms with Gasteiger partial charge in [0.1, 0.15) is 5.78 Å². The van der Waals surface area contributed by atoms with E-state index in [2.05, 4.69) is 5.32 Å². The van der Waals surface area contributed by atoms with Crippen molar-refractivity contribution in [3.63, 3.8) is 0 Å².